The molecule has 0 aromatic carbocycles. The Morgan fingerprint density at radius 3 is 0.824 bits per heavy atom. The molecule has 3 heterocycles. The predicted molar refractivity (Wildman–Crippen MR) is 319 cm³/mol. The fraction of sp³-hybridized carbons (Fsp3) is 1.00. The average Bonchev–Trinajstić information content (AvgIpc) is 2.70. The van der Waals surface area contributed by atoms with Crippen LogP contribution >= 0.6 is 0 Å². The summed E-state index contributed by atoms with van der Waals surface area (Å²) in [5, 5.41) is 31.1. The minimum atomic E-state index is -4.97. The van der Waals surface area contributed by atoms with Crippen LogP contribution in [-0.4, -0.2) is 352 Å². The second-order valence-corrected chi connectivity index (χ2v) is 35.4. The molecule has 0 saturated carbocycles. The van der Waals surface area contributed by atoms with Crippen LogP contribution in [-0.2, 0) is 74.0 Å². The van der Waals surface area contributed by atoms with Gasteiger partial charge < -0.3 is 33.1 Å². The first kappa shape index (κ1) is 78.4. The minimum Gasteiger partial charge on any atom is -0.391 e. The monoisotopic (exact) mass is 1370 g/mol. The molecule has 0 aliphatic carbocycles. The predicted octanol–water partition coefficient (Wildman–Crippen LogP) is -2.27. The van der Waals surface area contributed by atoms with E-state index in [4.69, 9.17) is 13.3 Å². The van der Waals surface area contributed by atoms with Crippen LogP contribution in [0, 0.1) is 0 Å². The largest absolute Gasteiger partial charge is 0.502 e. The molecule has 0 amide bonds. The van der Waals surface area contributed by atoms with Crippen LogP contribution in [0.5, 0.6) is 0 Å². The summed E-state index contributed by atoms with van der Waals surface area (Å²) in [6, 6.07) is -0.253. The third kappa shape index (κ3) is 38.6. The highest BCUT2D eigenvalue weighted by Gasteiger charge is 2.50. The molecule has 0 bridgehead atoms. The molecular weight excluding hydrogens is 1270 g/mol. The highest BCUT2D eigenvalue weighted by molar-refractivity contribution is 7.87. The maximum Gasteiger partial charge on any atom is 0.502 e. The molecule has 31 nitrogen and oxygen atoms in total. The Morgan fingerprint density at radius 1 is 0.353 bits per heavy atom. The highest BCUT2D eigenvalue weighted by Crippen LogP contribution is 2.29. The van der Waals surface area contributed by atoms with Gasteiger partial charge in [0.05, 0.1) is 63.8 Å². The number of rotatable bonds is 45. The second kappa shape index (κ2) is 36.4. The van der Waals surface area contributed by atoms with E-state index < -0.39 is 141 Å². The molecule has 3 saturated heterocycles. The van der Waals surface area contributed by atoms with E-state index in [-0.39, 0.29) is 130 Å². The van der Waals surface area contributed by atoms with Gasteiger partial charge in [-0.1, -0.05) is 58.3 Å². The summed E-state index contributed by atoms with van der Waals surface area (Å²) in [6.45, 7) is 4.02. The molecule has 506 valence electrons. The van der Waals surface area contributed by atoms with E-state index in [0.29, 0.717) is 17.6 Å². The highest BCUT2D eigenvalue weighted by atomic mass is 32.2. The molecule has 85 heavy (non-hydrogen) atoms. The van der Waals surface area contributed by atoms with Crippen LogP contribution in [0.2, 0.25) is 6.04 Å². The fourth-order valence-corrected chi connectivity index (χ4v) is 18.2. The molecule has 3 aliphatic rings. The normalized spacial score (nSPS) is 20.9. The van der Waals surface area contributed by atoms with Crippen molar-refractivity contribution in [2.45, 2.75) is 120 Å². The Hall–Kier alpha value is -0.843. The number of unbranched alkanes of at least 4 members (excludes halogenated alkanes) is 9. The summed E-state index contributed by atoms with van der Waals surface area (Å²) in [4.78, 5) is 10.3. The van der Waals surface area contributed by atoms with Gasteiger partial charge >= 0.3 is 8.80 Å². The Morgan fingerprint density at radius 2 is 0.576 bits per heavy atom. The van der Waals surface area contributed by atoms with E-state index in [1.54, 1.807) is 29.4 Å². The van der Waals surface area contributed by atoms with Gasteiger partial charge in [0, 0.05) is 130 Å². The van der Waals surface area contributed by atoms with Crippen LogP contribution in [0.4, 0.5) is 0 Å². The number of hydrogen-bond donors (Lipinski definition) is 9. The molecule has 3 fully saturated rings. The summed E-state index contributed by atoms with van der Waals surface area (Å²) in [7, 11) is -29.4. The van der Waals surface area contributed by atoms with Crippen molar-refractivity contribution < 1.29 is 111 Å². The quantitative estimate of drug-likeness (QED) is 0.0134. The van der Waals surface area contributed by atoms with Gasteiger partial charge in [-0.25, -0.2) is 0 Å². The van der Waals surface area contributed by atoms with Crippen molar-refractivity contribution in [1.82, 2.24) is 29.4 Å². The zero-order valence-electron chi connectivity index (χ0n) is 49.6. The van der Waals surface area contributed by atoms with Crippen molar-refractivity contribution in [1.29, 1.82) is 0 Å². The van der Waals surface area contributed by atoms with Crippen molar-refractivity contribution in [2.24, 2.45) is 0 Å². The summed E-state index contributed by atoms with van der Waals surface area (Å²) in [5.41, 5.74) is 0. The van der Waals surface area contributed by atoms with Crippen LogP contribution < -0.4 is 0 Å². The molecule has 6 atom stereocenters. The van der Waals surface area contributed by atoms with Gasteiger partial charge in [0.1, 0.15) is 34.5 Å². The first-order valence-electron chi connectivity index (χ1n) is 29.1. The van der Waals surface area contributed by atoms with Gasteiger partial charge in [0.2, 0.25) is 0 Å². The molecule has 0 aromatic heterocycles. The van der Waals surface area contributed by atoms with Gasteiger partial charge in [-0.2, -0.15) is 50.5 Å². The molecule has 38 heteroatoms. The number of aliphatic hydroxyl groups excluding tert-OH is 3. The number of β-amino-alcohol motifs (C(OH)–C–C–N with tert-alkyl or cyclic N) is 3. The summed E-state index contributed by atoms with van der Waals surface area (Å²) in [5.74, 6) is -6.08. The molecule has 6 unspecified atom stereocenters. The number of quaternary nitrogens is 1. The minimum absolute atomic E-state index is 0.148. The van der Waals surface area contributed by atoms with Gasteiger partial charge in [-0.3, -0.25) is 56.7 Å². The van der Waals surface area contributed by atoms with Crippen molar-refractivity contribution in [3.63, 3.8) is 0 Å². The topological polar surface area (TPSA) is 434 Å². The maximum atomic E-state index is 13.0. The van der Waals surface area contributed by atoms with Crippen molar-refractivity contribution in [3.8, 4) is 0 Å². The Kier molecular flexibility index (Phi) is 33.6. The van der Waals surface area contributed by atoms with E-state index in [1.807, 2.05) is 14.1 Å². The maximum absolute atomic E-state index is 13.0. The number of aliphatic hydroxyl groups is 3. The average molecular weight is 1370 g/mol. The summed E-state index contributed by atoms with van der Waals surface area (Å²) < 4.78 is 227. The van der Waals surface area contributed by atoms with Crippen molar-refractivity contribution in [3.05, 3.63) is 0 Å². The lowest BCUT2D eigenvalue weighted by Gasteiger charge is -2.43. The Balaban J connectivity index is 2.12. The smallest absolute Gasteiger partial charge is 0.391 e. The van der Waals surface area contributed by atoms with E-state index in [2.05, 4.69) is 6.92 Å². The number of nitrogens with zero attached hydrogens (tertiary/aromatic N) is 7. The van der Waals surface area contributed by atoms with Crippen LogP contribution in [0.25, 0.3) is 0 Å². The Bertz CT molecular complexity index is 2380. The third-order valence-electron chi connectivity index (χ3n) is 15.0. The SMILES string of the molecule is CCCCCCCCCCCC[N+](C)(C)CCC[Si](OC(CN1CCN(CC(O)CS(=O)(=O)O)CC1)CS(=O)(=O)O)(OC(CN1CCN(CC(O)CS(=O)(=O)O)CC1)CS(=O)(=O)O)OC(CN1CCN(CC(O)CS(=O)(=O)O)CC1)CS(=O)(=O)O. The molecule has 0 aromatic rings. The zero-order valence-corrected chi connectivity index (χ0v) is 55.5. The molecule has 0 spiro atoms. The molecule has 3 rings (SSSR count). The van der Waals surface area contributed by atoms with Crippen molar-refractivity contribution >= 4 is 69.5 Å². The van der Waals surface area contributed by atoms with Crippen molar-refractivity contribution in [2.75, 3.05) is 180 Å². The van der Waals surface area contributed by atoms with Gasteiger partial charge in [-0.15, -0.1) is 0 Å². The lowest BCUT2D eigenvalue weighted by molar-refractivity contribution is -0.890. The lowest BCUT2D eigenvalue weighted by Crippen LogP contribution is -2.60. The molecule has 3 aliphatic heterocycles. The van der Waals surface area contributed by atoms with Crippen LogP contribution in [0.3, 0.4) is 0 Å². The number of piperazine rings is 3. The van der Waals surface area contributed by atoms with Crippen LogP contribution in [0.15, 0.2) is 0 Å². The van der Waals surface area contributed by atoms with E-state index in [0.717, 1.165) is 32.1 Å². The summed E-state index contributed by atoms with van der Waals surface area (Å²) in [6.07, 6.45) is 2.16. The van der Waals surface area contributed by atoms with Crippen LogP contribution in [0.1, 0.15) is 77.6 Å². The summed E-state index contributed by atoms with van der Waals surface area (Å²) >= 11 is 0. The fourth-order valence-electron chi connectivity index (χ4n) is 11.1. The van der Waals surface area contributed by atoms with Gasteiger partial charge in [-0.05, 0) is 12.8 Å². The molecule has 9 N–H and O–H groups in total. The number of hydrogen-bond acceptors (Lipinski definition) is 24. The second-order valence-electron chi connectivity index (χ2n) is 23.8. The Labute approximate surface area is 506 Å². The van der Waals surface area contributed by atoms with E-state index in [9.17, 15) is 93.1 Å². The first-order valence-corrected chi connectivity index (χ1v) is 40.7. The first-order chi connectivity index (χ1) is 39.2. The van der Waals surface area contributed by atoms with E-state index in [1.165, 1.54) is 32.1 Å². The third-order valence-corrected chi connectivity index (χ3v) is 22.8. The standard InChI is InChI=1S/C47H99N7O24S6Si/c1-4-5-6-7-8-9-10-11-12-13-27-54(2,3)28-14-29-85(76-45(39-82(67,68)69)33-51-21-15-48(16-22-51)30-42(55)36-79(58,59)60,77-46(40-83(70,71)72)34-52-23-17-49(18-24-52)31-43(56)37-80(61,62)63)78-47(41-84(73,74)75)35-53-25-19-50(20-26-53)32-44(57)38-81(64,65)66/h42-47,55-57H,4-41H2,1-3H3,(H5-,58,59,60,61,62,63,64,65,66,67,68,69,70,71,72,73,74,75)/p+1. The molecule has 0 radical (unpaired) electrons. The lowest BCUT2D eigenvalue weighted by atomic mass is 10.1. The van der Waals surface area contributed by atoms with Gasteiger partial charge in [0.15, 0.2) is 0 Å². The molecular formula is C47H100N7O24S6Si+. The van der Waals surface area contributed by atoms with Gasteiger partial charge in [0.25, 0.3) is 60.7 Å². The zero-order chi connectivity index (χ0) is 63.9. The van der Waals surface area contributed by atoms with E-state index >= 15 is 0 Å².